The summed E-state index contributed by atoms with van der Waals surface area (Å²) < 4.78 is 5.48. The molecule has 1 aliphatic heterocycles. The van der Waals surface area contributed by atoms with Gasteiger partial charge in [0.05, 0.1) is 6.04 Å². The van der Waals surface area contributed by atoms with Crippen LogP contribution in [0.1, 0.15) is 38.1 Å². The van der Waals surface area contributed by atoms with Crippen LogP contribution in [0.15, 0.2) is 34.9 Å². The predicted octanol–water partition coefficient (Wildman–Crippen LogP) is 2.89. The zero-order chi connectivity index (χ0) is 15.4. The minimum Gasteiger partial charge on any atom is -0.396 e. The first-order valence-electron chi connectivity index (χ1n) is 8.02. The minimum absolute atomic E-state index is 0.117. The Hall–Kier alpha value is -1.72. The largest absolute Gasteiger partial charge is 0.396 e. The van der Waals surface area contributed by atoms with Gasteiger partial charge in [0, 0.05) is 18.7 Å². The first-order chi connectivity index (χ1) is 10.8. The molecule has 1 N–H and O–H groups in total. The lowest BCUT2D eigenvalue weighted by molar-refractivity contribution is 0.0982. The molecule has 1 aromatic carbocycles. The Kier molecular flexibility index (Phi) is 4.85. The number of benzene rings is 1. The van der Waals surface area contributed by atoms with Crippen molar-refractivity contribution < 1.29 is 9.63 Å². The molecule has 22 heavy (non-hydrogen) atoms. The Morgan fingerprint density at radius 3 is 2.95 bits per heavy atom. The van der Waals surface area contributed by atoms with Gasteiger partial charge >= 0.3 is 0 Å². The van der Waals surface area contributed by atoms with Crippen molar-refractivity contribution in [1.29, 1.82) is 0 Å². The lowest BCUT2D eigenvalue weighted by Crippen LogP contribution is -2.37. The Balaban J connectivity index is 1.70. The lowest BCUT2D eigenvalue weighted by atomic mass is 9.94. The molecule has 2 atom stereocenters. The van der Waals surface area contributed by atoms with Crippen LogP contribution in [0, 0.1) is 5.92 Å². The van der Waals surface area contributed by atoms with E-state index in [1.165, 1.54) is 6.42 Å². The number of rotatable bonds is 5. The van der Waals surface area contributed by atoms with Gasteiger partial charge in [0.25, 0.3) is 0 Å². The highest BCUT2D eigenvalue weighted by molar-refractivity contribution is 5.53. The van der Waals surface area contributed by atoms with Crippen molar-refractivity contribution in [2.24, 2.45) is 5.92 Å². The number of hydrogen-bond acceptors (Lipinski definition) is 5. The summed E-state index contributed by atoms with van der Waals surface area (Å²) >= 11 is 0. The van der Waals surface area contributed by atoms with Crippen molar-refractivity contribution in [2.75, 3.05) is 19.7 Å². The van der Waals surface area contributed by atoms with E-state index in [4.69, 9.17) is 9.63 Å². The standard InChI is InChI=1S/C17H23N3O2/c1-13(20-10-5-6-14(12-20)9-11-21)17-18-16(19-22-17)15-7-3-2-4-8-15/h2-4,7-8,13-14,21H,5-6,9-12H2,1H3/t13-,14+/m1/s1. The van der Waals surface area contributed by atoms with Crippen molar-refractivity contribution in [3.8, 4) is 11.4 Å². The normalized spacial score (nSPS) is 20.9. The van der Waals surface area contributed by atoms with Crippen LogP contribution in [0.3, 0.4) is 0 Å². The third kappa shape index (κ3) is 3.36. The second-order valence-corrected chi connectivity index (χ2v) is 6.01. The molecule has 0 unspecified atom stereocenters. The van der Waals surface area contributed by atoms with E-state index in [1.807, 2.05) is 30.3 Å². The lowest BCUT2D eigenvalue weighted by Gasteiger charge is -2.35. The van der Waals surface area contributed by atoms with E-state index in [2.05, 4.69) is 22.0 Å². The smallest absolute Gasteiger partial charge is 0.244 e. The molecule has 1 fully saturated rings. The van der Waals surface area contributed by atoms with Crippen LogP contribution in [0.5, 0.6) is 0 Å². The molecule has 0 saturated carbocycles. The minimum atomic E-state index is 0.117. The molecule has 0 bridgehead atoms. The summed E-state index contributed by atoms with van der Waals surface area (Å²) in [4.78, 5) is 6.94. The fourth-order valence-electron chi connectivity index (χ4n) is 3.13. The van der Waals surface area contributed by atoms with Crippen LogP contribution in [0.2, 0.25) is 0 Å². The third-order valence-electron chi connectivity index (χ3n) is 4.47. The molecular formula is C17H23N3O2. The molecule has 118 valence electrons. The molecule has 0 radical (unpaired) electrons. The van der Waals surface area contributed by atoms with Gasteiger partial charge in [-0.15, -0.1) is 0 Å². The van der Waals surface area contributed by atoms with Gasteiger partial charge in [0.15, 0.2) is 0 Å². The first kappa shape index (κ1) is 15.2. The highest BCUT2D eigenvalue weighted by Crippen LogP contribution is 2.28. The van der Waals surface area contributed by atoms with Crippen molar-refractivity contribution in [2.45, 2.75) is 32.2 Å². The summed E-state index contributed by atoms with van der Waals surface area (Å²) in [5.74, 6) is 1.88. The van der Waals surface area contributed by atoms with E-state index in [-0.39, 0.29) is 12.6 Å². The average molecular weight is 301 g/mol. The van der Waals surface area contributed by atoms with Crippen molar-refractivity contribution in [1.82, 2.24) is 15.0 Å². The maximum atomic E-state index is 9.13. The van der Waals surface area contributed by atoms with E-state index in [9.17, 15) is 0 Å². The highest BCUT2D eigenvalue weighted by Gasteiger charge is 2.27. The van der Waals surface area contributed by atoms with E-state index >= 15 is 0 Å². The van der Waals surface area contributed by atoms with Crippen molar-refractivity contribution in [3.05, 3.63) is 36.2 Å². The van der Waals surface area contributed by atoms with Gasteiger partial charge in [-0.2, -0.15) is 4.98 Å². The molecule has 2 heterocycles. The number of aliphatic hydroxyl groups is 1. The Bertz CT molecular complexity index is 583. The Labute approximate surface area is 131 Å². The van der Waals surface area contributed by atoms with Gasteiger partial charge in [0.1, 0.15) is 0 Å². The van der Waals surface area contributed by atoms with E-state index < -0.39 is 0 Å². The summed E-state index contributed by atoms with van der Waals surface area (Å²) in [6.07, 6.45) is 3.24. The Morgan fingerprint density at radius 2 is 2.18 bits per heavy atom. The number of nitrogens with zero attached hydrogens (tertiary/aromatic N) is 3. The predicted molar refractivity (Wildman–Crippen MR) is 84.1 cm³/mol. The van der Waals surface area contributed by atoms with Crippen LogP contribution < -0.4 is 0 Å². The summed E-state index contributed by atoms with van der Waals surface area (Å²) in [5, 5.41) is 13.2. The summed E-state index contributed by atoms with van der Waals surface area (Å²) in [5.41, 5.74) is 0.974. The van der Waals surface area contributed by atoms with Crippen molar-refractivity contribution in [3.63, 3.8) is 0 Å². The molecule has 5 heteroatoms. The monoisotopic (exact) mass is 301 g/mol. The zero-order valence-electron chi connectivity index (χ0n) is 13.0. The van der Waals surface area contributed by atoms with Crippen LogP contribution in [-0.2, 0) is 0 Å². The molecule has 1 aromatic heterocycles. The number of aliphatic hydroxyl groups excluding tert-OH is 1. The molecule has 3 rings (SSSR count). The number of aromatic nitrogens is 2. The molecule has 0 aliphatic carbocycles. The fraction of sp³-hybridized carbons (Fsp3) is 0.529. The highest BCUT2D eigenvalue weighted by atomic mass is 16.5. The molecular weight excluding hydrogens is 278 g/mol. The van der Waals surface area contributed by atoms with E-state index in [1.54, 1.807) is 0 Å². The average Bonchev–Trinajstić information content (AvgIpc) is 3.05. The summed E-state index contributed by atoms with van der Waals surface area (Å²) in [7, 11) is 0. The zero-order valence-corrected chi connectivity index (χ0v) is 13.0. The maximum Gasteiger partial charge on any atom is 0.244 e. The van der Waals surface area contributed by atoms with Crippen LogP contribution in [-0.4, -0.2) is 39.8 Å². The SMILES string of the molecule is C[C@H](c1nc(-c2ccccc2)no1)N1CCC[C@@H](CCO)C1. The van der Waals surface area contributed by atoms with Gasteiger partial charge in [0.2, 0.25) is 11.7 Å². The second kappa shape index (κ2) is 7.03. The fourth-order valence-corrected chi connectivity index (χ4v) is 3.13. The number of likely N-dealkylation sites (tertiary alicyclic amines) is 1. The first-order valence-corrected chi connectivity index (χ1v) is 8.02. The van der Waals surface area contributed by atoms with Crippen LogP contribution in [0.25, 0.3) is 11.4 Å². The van der Waals surface area contributed by atoms with Gasteiger partial charge in [-0.25, -0.2) is 0 Å². The molecule has 0 amide bonds. The maximum absolute atomic E-state index is 9.13. The quantitative estimate of drug-likeness (QED) is 0.920. The van der Waals surface area contributed by atoms with Gasteiger partial charge < -0.3 is 9.63 Å². The van der Waals surface area contributed by atoms with Crippen LogP contribution in [0.4, 0.5) is 0 Å². The Morgan fingerprint density at radius 1 is 1.36 bits per heavy atom. The van der Waals surface area contributed by atoms with E-state index in [0.29, 0.717) is 17.6 Å². The molecule has 1 aliphatic rings. The number of piperidine rings is 1. The molecule has 5 nitrogen and oxygen atoms in total. The summed E-state index contributed by atoms with van der Waals surface area (Å²) in [6.45, 7) is 4.42. The van der Waals surface area contributed by atoms with Crippen LogP contribution >= 0.6 is 0 Å². The van der Waals surface area contributed by atoms with E-state index in [0.717, 1.165) is 31.5 Å². The van der Waals surface area contributed by atoms with Gasteiger partial charge in [-0.1, -0.05) is 35.5 Å². The third-order valence-corrected chi connectivity index (χ3v) is 4.47. The van der Waals surface area contributed by atoms with Crippen molar-refractivity contribution >= 4 is 0 Å². The molecule has 2 aromatic rings. The topological polar surface area (TPSA) is 62.4 Å². The second-order valence-electron chi connectivity index (χ2n) is 6.01. The molecule has 1 saturated heterocycles. The van der Waals surface area contributed by atoms with Gasteiger partial charge in [-0.3, -0.25) is 4.90 Å². The van der Waals surface area contributed by atoms with Gasteiger partial charge in [-0.05, 0) is 38.6 Å². The molecule has 0 spiro atoms. The summed E-state index contributed by atoms with van der Waals surface area (Å²) in [6, 6.07) is 10.0. The number of hydrogen-bond donors (Lipinski definition) is 1.